The number of hydrogen-bond donors (Lipinski definition) is 3. The number of thiophene rings is 1. The Balaban J connectivity index is 1.84. The molecule has 0 saturated carbocycles. The number of hydrogen-bond acceptors (Lipinski definition) is 5. The Morgan fingerprint density at radius 3 is 2.84 bits per heavy atom. The highest BCUT2D eigenvalue weighted by molar-refractivity contribution is 7.10. The van der Waals surface area contributed by atoms with Gasteiger partial charge in [-0.1, -0.05) is 13.0 Å². The summed E-state index contributed by atoms with van der Waals surface area (Å²) in [6, 6.07) is 4.24. The number of morpholine rings is 1. The first-order valence-electron chi connectivity index (χ1n) is 9.08. The van der Waals surface area contributed by atoms with E-state index in [9.17, 15) is 5.11 Å². The molecule has 0 bridgehead atoms. The standard InChI is InChI=1S/C18H32N4O2S/c1-4-19-17(20-12-15(2)16-6-5-11-25-16)21-13-18(3,23)14-22-7-9-24-10-8-22/h5-6,11,15,23H,4,7-10,12-14H2,1-3H3,(H2,19,20,21). The van der Waals surface area contributed by atoms with E-state index in [4.69, 9.17) is 4.74 Å². The fourth-order valence-electron chi connectivity index (χ4n) is 2.80. The molecule has 6 nitrogen and oxygen atoms in total. The summed E-state index contributed by atoms with van der Waals surface area (Å²) in [6.07, 6.45) is 0. The molecule has 2 heterocycles. The Bertz CT molecular complexity index is 513. The molecule has 1 saturated heterocycles. The molecule has 1 aromatic heterocycles. The van der Waals surface area contributed by atoms with Crippen LogP contribution in [0.3, 0.4) is 0 Å². The smallest absolute Gasteiger partial charge is 0.191 e. The van der Waals surface area contributed by atoms with Crippen molar-refractivity contribution in [3.63, 3.8) is 0 Å². The average Bonchev–Trinajstić information content (AvgIpc) is 3.12. The lowest BCUT2D eigenvalue weighted by molar-refractivity contribution is -0.0179. The molecular weight excluding hydrogens is 336 g/mol. The normalized spacial score (nSPS) is 20.1. The van der Waals surface area contributed by atoms with E-state index in [2.05, 4.69) is 45.0 Å². The van der Waals surface area contributed by atoms with Gasteiger partial charge in [-0.3, -0.25) is 9.89 Å². The van der Waals surface area contributed by atoms with Gasteiger partial charge in [0.2, 0.25) is 0 Å². The van der Waals surface area contributed by atoms with Crippen LogP contribution in [0.4, 0.5) is 0 Å². The maximum absolute atomic E-state index is 10.7. The van der Waals surface area contributed by atoms with Gasteiger partial charge in [0.05, 0.1) is 25.4 Å². The average molecular weight is 369 g/mol. The second-order valence-electron chi connectivity index (χ2n) is 6.88. The minimum absolute atomic E-state index is 0.368. The summed E-state index contributed by atoms with van der Waals surface area (Å²) in [7, 11) is 0. The highest BCUT2D eigenvalue weighted by atomic mass is 32.1. The highest BCUT2D eigenvalue weighted by Gasteiger charge is 2.25. The van der Waals surface area contributed by atoms with Gasteiger partial charge in [-0.2, -0.15) is 0 Å². The summed E-state index contributed by atoms with van der Waals surface area (Å²) in [4.78, 5) is 8.19. The van der Waals surface area contributed by atoms with Gasteiger partial charge < -0.3 is 20.5 Å². The molecule has 1 aliphatic rings. The molecular formula is C18H32N4O2S. The molecule has 0 amide bonds. The van der Waals surface area contributed by atoms with E-state index in [0.717, 1.165) is 45.4 Å². The minimum atomic E-state index is -0.848. The molecule has 7 heteroatoms. The van der Waals surface area contributed by atoms with Gasteiger partial charge in [0.1, 0.15) is 0 Å². The Labute approximate surface area is 155 Å². The van der Waals surface area contributed by atoms with Crippen molar-refractivity contribution in [3.05, 3.63) is 22.4 Å². The number of ether oxygens (including phenoxy) is 1. The SMILES string of the molecule is CCNC(=NCC(C)(O)CN1CCOCC1)NCC(C)c1cccs1. The van der Waals surface area contributed by atoms with E-state index in [-0.39, 0.29) is 0 Å². The van der Waals surface area contributed by atoms with E-state index in [0.29, 0.717) is 19.0 Å². The molecule has 0 radical (unpaired) electrons. The molecule has 0 aliphatic carbocycles. The highest BCUT2D eigenvalue weighted by Crippen LogP contribution is 2.19. The van der Waals surface area contributed by atoms with E-state index >= 15 is 0 Å². The number of aliphatic imine (C=N–C) groups is 1. The van der Waals surface area contributed by atoms with Crippen LogP contribution >= 0.6 is 11.3 Å². The van der Waals surface area contributed by atoms with Crippen LogP contribution in [0.15, 0.2) is 22.5 Å². The topological polar surface area (TPSA) is 69.1 Å². The van der Waals surface area contributed by atoms with Crippen LogP contribution in [0.1, 0.15) is 31.6 Å². The van der Waals surface area contributed by atoms with E-state index in [1.165, 1.54) is 4.88 Å². The van der Waals surface area contributed by atoms with Gasteiger partial charge in [-0.25, -0.2) is 0 Å². The van der Waals surface area contributed by atoms with Crippen LogP contribution in [0.25, 0.3) is 0 Å². The first kappa shape index (κ1) is 20.2. The summed E-state index contributed by atoms with van der Waals surface area (Å²) in [5.74, 6) is 1.19. The van der Waals surface area contributed by atoms with Crippen molar-refractivity contribution < 1.29 is 9.84 Å². The number of guanidine groups is 1. The lowest BCUT2D eigenvalue weighted by Gasteiger charge is -2.33. The molecule has 25 heavy (non-hydrogen) atoms. The van der Waals surface area contributed by atoms with Crippen LogP contribution in [0, 0.1) is 0 Å². The molecule has 2 rings (SSSR count). The van der Waals surface area contributed by atoms with Gasteiger partial charge in [0, 0.05) is 43.5 Å². The zero-order valence-corrected chi connectivity index (χ0v) is 16.4. The third-order valence-corrected chi connectivity index (χ3v) is 5.30. The Morgan fingerprint density at radius 1 is 1.44 bits per heavy atom. The second-order valence-corrected chi connectivity index (χ2v) is 7.86. The van der Waals surface area contributed by atoms with Crippen molar-refractivity contribution in [3.8, 4) is 0 Å². The van der Waals surface area contributed by atoms with Crippen molar-refractivity contribution in [2.24, 2.45) is 4.99 Å². The predicted molar refractivity (Wildman–Crippen MR) is 105 cm³/mol. The van der Waals surface area contributed by atoms with E-state index in [1.54, 1.807) is 11.3 Å². The van der Waals surface area contributed by atoms with E-state index < -0.39 is 5.60 Å². The van der Waals surface area contributed by atoms with Gasteiger partial charge in [0.25, 0.3) is 0 Å². The van der Waals surface area contributed by atoms with Crippen molar-refractivity contribution in [1.82, 2.24) is 15.5 Å². The number of nitrogens with zero attached hydrogens (tertiary/aromatic N) is 2. The van der Waals surface area contributed by atoms with Gasteiger partial charge in [0.15, 0.2) is 5.96 Å². The van der Waals surface area contributed by atoms with Gasteiger partial charge in [-0.15, -0.1) is 11.3 Å². The fraction of sp³-hybridized carbons (Fsp3) is 0.722. The number of rotatable bonds is 8. The Hall–Kier alpha value is -1.15. The lowest BCUT2D eigenvalue weighted by Crippen LogP contribution is -2.48. The summed E-state index contributed by atoms with van der Waals surface area (Å²) in [5.41, 5.74) is -0.848. The second kappa shape index (κ2) is 10.1. The van der Waals surface area contributed by atoms with Gasteiger partial charge in [-0.05, 0) is 25.3 Å². The van der Waals surface area contributed by atoms with Crippen molar-refractivity contribution in [1.29, 1.82) is 0 Å². The maximum atomic E-state index is 10.7. The van der Waals surface area contributed by atoms with Crippen LogP contribution < -0.4 is 10.6 Å². The Kier molecular flexibility index (Phi) is 8.15. The summed E-state index contributed by atoms with van der Waals surface area (Å²) < 4.78 is 5.36. The summed E-state index contributed by atoms with van der Waals surface area (Å²) >= 11 is 1.78. The molecule has 3 N–H and O–H groups in total. The maximum Gasteiger partial charge on any atom is 0.191 e. The fourth-order valence-corrected chi connectivity index (χ4v) is 3.59. The van der Waals surface area contributed by atoms with Gasteiger partial charge >= 0.3 is 0 Å². The largest absolute Gasteiger partial charge is 0.387 e. The number of β-amino-alcohol motifs (C(OH)–C–C–N with tert-alkyl or cyclic N) is 1. The van der Waals surface area contributed by atoms with Crippen LogP contribution in [0.2, 0.25) is 0 Å². The van der Waals surface area contributed by atoms with Crippen LogP contribution in [-0.4, -0.2) is 74.0 Å². The molecule has 2 atom stereocenters. The zero-order valence-electron chi connectivity index (χ0n) is 15.6. The molecule has 142 valence electrons. The first-order chi connectivity index (χ1) is 12.0. The van der Waals surface area contributed by atoms with Crippen molar-refractivity contribution in [2.45, 2.75) is 32.3 Å². The third-order valence-electron chi connectivity index (χ3n) is 4.19. The molecule has 1 fully saturated rings. The lowest BCUT2D eigenvalue weighted by atomic mass is 10.1. The third kappa shape index (κ3) is 7.32. The van der Waals surface area contributed by atoms with Crippen molar-refractivity contribution >= 4 is 17.3 Å². The number of aliphatic hydroxyl groups is 1. The van der Waals surface area contributed by atoms with Crippen LogP contribution in [0.5, 0.6) is 0 Å². The Morgan fingerprint density at radius 2 is 2.20 bits per heavy atom. The molecule has 0 aromatic carbocycles. The molecule has 1 aromatic rings. The van der Waals surface area contributed by atoms with Crippen LogP contribution in [-0.2, 0) is 4.74 Å². The minimum Gasteiger partial charge on any atom is -0.387 e. The molecule has 2 unspecified atom stereocenters. The summed E-state index contributed by atoms with van der Waals surface area (Å²) in [5, 5.41) is 19.4. The number of nitrogens with one attached hydrogen (secondary N) is 2. The monoisotopic (exact) mass is 368 g/mol. The van der Waals surface area contributed by atoms with Crippen molar-refractivity contribution in [2.75, 3.05) is 52.5 Å². The zero-order chi connectivity index (χ0) is 18.1. The predicted octanol–water partition coefficient (Wildman–Crippen LogP) is 1.49. The first-order valence-corrected chi connectivity index (χ1v) is 9.96. The van der Waals surface area contributed by atoms with E-state index in [1.807, 2.05) is 13.8 Å². The molecule has 1 aliphatic heterocycles. The molecule has 0 spiro atoms. The quantitative estimate of drug-likeness (QED) is 0.479. The summed E-state index contributed by atoms with van der Waals surface area (Å²) in [6.45, 7) is 11.9.